The lowest BCUT2D eigenvalue weighted by molar-refractivity contribution is -0.129. The van der Waals surface area contributed by atoms with Crippen molar-refractivity contribution in [3.8, 4) is 0 Å². The minimum atomic E-state index is -0.250. The standard InChI is InChI=1S/C20H26N4OS2/c25-18(24-13-7-8-14-24)17(15-9-3-1-4-10-15)26-20-23-22-19(27-20)21-16-11-5-2-6-12-16/h1,3-4,9-10,16-17H,2,5-8,11-14H2,(H,21,22)/t17-/m0/s1. The summed E-state index contributed by atoms with van der Waals surface area (Å²) in [6, 6.07) is 10.6. The highest BCUT2D eigenvalue weighted by atomic mass is 32.2. The van der Waals surface area contributed by atoms with Gasteiger partial charge in [0, 0.05) is 19.1 Å². The maximum Gasteiger partial charge on any atom is 0.240 e. The Morgan fingerprint density at radius 2 is 1.81 bits per heavy atom. The molecule has 5 nitrogen and oxygen atoms in total. The average molecular weight is 403 g/mol. The van der Waals surface area contributed by atoms with E-state index in [1.165, 1.54) is 43.9 Å². The summed E-state index contributed by atoms with van der Waals surface area (Å²) in [7, 11) is 0. The molecular weight excluding hydrogens is 376 g/mol. The van der Waals surface area contributed by atoms with Gasteiger partial charge in [-0.25, -0.2) is 0 Å². The summed E-state index contributed by atoms with van der Waals surface area (Å²) in [5.74, 6) is 0.195. The molecule has 0 bridgehead atoms. The molecule has 1 aliphatic carbocycles. The number of thioether (sulfide) groups is 1. The number of benzene rings is 1. The first-order valence-electron chi connectivity index (χ1n) is 9.90. The van der Waals surface area contributed by atoms with Crippen LogP contribution in [0.4, 0.5) is 5.13 Å². The molecule has 1 aromatic heterocycles. The molecule has 1 amide bonds. The van der Waals surface area contributed by atoms with Gasteiger partial charge in [-0.15, -0.1) is 10.2 Å². The highest BCUT2D eigenvalue weighted by Crippen LogP contribution is 2.40. The van der Waals surface area contributed by atoms with E-state index in [9.17, 15) is 4.79 Å². The third kappa shape index (κ3) is 4.82. The van der Waals surface area contributed by atoms with Crippen molar-refractivity contribution in [2.75, 3.05) is 18.4 Å². The van der Waals surface area contributed by atoms with Gasteiger partial charge in [-0.05, 0) is 31.2 Å². The largest absolute Gasteiger partial charge is 0.357 e. The first-order valence-corrected chi connectivity index (χ1v) is 11.6. The van der Waals surface area contributed by atoms with Gasteiger partial charge in [0.25, 0.3) is 0 Å². The van der Waals surface area contributed by atoms with Gasteiger partial charge >= 0.3 is 0 Å². The Morgan fingerprint density at radius 3 is 2.56 bits per heavy atom. The van der Waals surface area contributed by atoms with Crippen molar-refractivity contribution in [1.82, 2.24) is 15.1 Å². The molecule has 1 aliphatic heterocycles. The minimum absolute atomic E-state index is 0.195. The van der Waals surface area contributed by atoms with E-state index in [1.54, 1.807) is 11.3 Å². The molecule has 2 heterocycles. The molecule has 2 aliphatic rings. The van der Waals surface area contributed by atoms with Crippen molar-refractivity contribution in [3.05, 3.63) is 35.9 Å². The summed E-state index contributed by atoms with van der Waals surface area (Å²) >= 11 is 3.10. The summed E-state index contributed by atoms with van der Waals surface area (Å²) < 4.78 is 0.856. The Labute approximate surface area is 168 Å². The maximum absolute atomic E-state index is 13.1. The lowest BCUT2D eigenvalue weighted by Gasteiger charge is -2.22. The minimum Gasteiger partial charge on any atom is -0.357 e. The van der Waals surface area contributed by atoms with Crippen LogP contribution in [0.5, 0.6) is 0 Å². The second-order valence-corrected chi connectivity index (χ2v) is 9.62. The Balaban J connectivity index is 1.47. The molecule has 1 atom stereocenters. The molecule has 0 spiro atoms. The lowest BCUT2D eigenvalue weighted by Crippen LogP contribution is -2.31. The summed E-state index contributed by atoms with van der Waals surface area (Å²) in [6.07, 6.45) is 8.55. The number of carbonyl (C=O) groups excluding carboxylic acids is 1. The summed E-state index contributed by atoms with van der Waals surface area (Å²) in [6.45, 7) is 1.74. The summed E-state index contributed by atoms with van der Waals surface area (Å²) in [5.41, 5.74) is 1.04. The van der Waals surface area contributed by atoms with Gasteiger partial charge in [0.15, 0.2) is 4.34 Å². The Bertz CT molecular complexity index is 739. The molecule has 144 valence electrons. The molecule has 0 unspecified atom stereocenters. The maximum atomic E-state index is 13.1. The Hall–Kier alpha value is -1.60. The number of likely N-dealkylation sites (tertiary alicyclic amines) is 1. The van der Waals surface area contributed by atoms with Crippen LogP contribution < -0.4 is 5.32 Å². The molecule has 0 radical (unpaired) electrons. The van der Waals surface area contributed by atoms with Crippen LogP contribution in [0.3, 0.4) is 0 Å². The Kier molecular flexibility index (Phi) is 6.29. The number of aromatic nitrogens is 2. The van der Waals surface area contributed by atoms with E-state index >= 15 is 0 Å². The second kappa shape index (κ2) is 9.06. The van der Waals surface area contributed by atoms with Crippen molar-refractivity contribution in [3.63, 3.8) is 0 Å². The highest BCUT2D eigenvalue weighted by molar-refractivity contribution is 8.01. The number of nitrogens with zero attached hydrogens (tertiary/aromatic N) is 3. The monoisotopic (exact) mass is 402 g/mol. The molecule has 2 fully saturated rings. The normalized spacial score (nSPS) is 19.2. The van der Waals surface area contributed by atoms with Crippen LogP contribution in [-0.4, -0.2) is 40.1 Å². The molecule has 1 saturated carbocycles. The average Bonchev–Trinajstić information content (AvgIpc) is 3.39. The van der Waals surface area contributed by atoms with Crippen LogP contribution in [-0.2, 0) is 4.79 Å². The van der Waals surface area contributed by atoms with Gasteiger partial charge in [0.05, 0.1) is 0 Å². The molecule has 1 saturated heterocycles. The fraction of sp³-hybridized carbons (Fsp3) is 0.550. The fourth-order valence-electron chi connectivity index (χ4n) is 3.83. The van der Waals surface area contributed by atoms with Crippen LogP contribution in [0, 0.1) is 0 Å². The van der Waals surface area contributed by atoms with Gasteiger partial charge in [-0.3, -0.25) is 4.79 Å². The van der Waals surface area contributed by atoms with Crippen LogP contribution in [0.15, 0.2) is 34.7 Å². The van der Waals surface area contributed by atoms with Gasteiger partial charge in [-0.2, -0.15) is 0 Å². The van der Waals surface area contributed by atoms with E-state index in [1.807, 2.05) is 35.2 Å². The molecule has 7 heteroatoms. The molecule has 2 aromatic rings. The number of amides is 1. The number of hydrogen-bond acceptors (Lipinski definition) is 6. The highest BCUT2D eigenvalue weighted by Gasteiger charge is 2.30. The van der Waals surface area contributed by atoms with Gasteiger partial charge < -0.3 is 10.2 Å². The smallest absolute Gasteiger partial charge is 0.240 e. The molecular formula is C20H26N4OS2. The number of hydrogen-bond donors (Lipinski definition) is 1. The third-order valence-electron chi connectivity index (χ3n) is 5.30. The molecule has 4 rings (SSSR count). The van der Waals surface area contributed by atoms with Crippen molar-refractivity contribution >= 4 is 34.1 Å². The van der Waals surface area contributed by atoms with Crippen LogP contribution in [0.25, 0.3) is 0 Å². The van der Waals surface area contributed by atoms with E-state index in [4.69, 9.17) is 0 Å². The topological polar surface area (TPSA) is 58.1 Å². The Morgan fingerprint density at radius 1 is 1.07 bits per heavy atom. The lowest BCUT2D eigenvalue weighted by atomic mass is 9.96. The quantitative estimate of drug-likeness (QED) is 0.707. The zero-order valence-electron chi connectivity index (χ0n) is 15.5. The number of carbonyl (C=O) groups is 1. The van der Waals surface area contributed by atoms with Crippen molar-refractivity contribution in [2.45, 2.75) is 60.6 Å². The molecule has 1 aromatic carbocycles. The van der Waals surface area contributed by atoms with E-state index < -0.39 is 0 Å². The van der Waals surface area contributed by atoms with Crippen molar-refractivity contribution in [2.24, 2.45) is 0 Å². The van der Waals surface area contributed by atoms with E-state index in [0.717, 1.165) is 41.0 Å². The van der Waals surface area contributed by atoms with Crippen LogP contribution in [0.1, 0.15) is 55.8 Å². The SMILES string of the molecule is O=C([C@@H](Sc1nnc(NC2CCCCC2)s1)c1ccccc1)N1CCCC1. The van der Waals surface area contributed by atoms with E-state index in [2.05, 4.69) is 15.5 Å². The van der Waals surface area contributed by atoms with Crippen molar-refractivity contribution in [1.29, 1.82) is 0 Å². The zero-order valence-corrected chi connectivity index (χ0v) is 17.1. The van der Waals surface area contributed by atoms with Gasteiger partial charge in [-0.1, -0.05) is 72.7 Å². The van der Waals surface area contributed by atoms with Gasteiger partial charge in [0.2, 0.25) is 11.0 Å². The van der Waals surface area contributed by atoms with E-state index in [0.29, 0.717) is 6.04 Å². The predicted molar refractivity (Wildman–Crippen MR) is 111 cm³/mol. The second-order valence-electron chi connectivity index (χ2n) is 7.29. The predicted octanol–water partition coefficient (Wildman–Crippen LogP) is 4.74. The molecule has 1 N–H and O–H groups in total. The number of nitrogens with one attached hydrogen (secondary N) is 1. The number of rotatable bonds is 6. The van der Waals surface area contributed by atoms with Crippen LogP contribution in [0.2, 0.25) is 0 Å². The van der Waals surface area contributed by atoms with Crippen LogP contribution >= 0.6 is 23.1 Å². The summed E-state index contributed by atoms with van der Waals surface area (Å²) in [4.78, 5) is 15.1. The first-order chi connectivity index (χ1) is 13.3. The summed E-state index contributed by atoms with van der Waals surface area (Å²) in [5, 5.41) is 12.8. The van der Waals surface area contributed by atoms with E-state index in [-0.39, 0.29) is 11.2 Å². The third-order valence-corrected chi connectivity index (χ3v) is 7.48. The van der Waals surface area contributed by atoms with Crippen molar-refractivity contribution < 1.29 is 4.79 Å². The fourth-order valence-corrected chi connectivity index (χ4v) is 5.94. The number of anilines is 1. The zero-order chi connectivity index (χ0) is 18.5. The molecule has 27 heavy (non-hydrogen) atoms. The first kappa shape index (κ1) is 18.7. The van der Waals surface area contributed by atoms with Gasteiger partial charge in [0.1, 0.15) is 5.25 Å².